The third-order valence-corrected chi connectivity index (χ3v) is 7.08. The Balaban J connectivity index is 1.95. The molecule has 3 aromatic rings. The summed E-state index contributed by atoms with van der Waals surface area (Å²) in [5, 5.41) is 24.2. The summed E-state index contributed by atoms with van der Waals surface area (Å²) in [6.07, 6.45) is 3.16. The molecule has 3 aromatic carbocycles. The lowest BCUT2D eigenvalue weighted by Gasteiger charge is -2.31. The van der Waals surface area contributed by atoms with E-state index >= 15 is 0 Å². The summed E-state index contributed by atoms with van der Waals surface area (Å²) in [6, 6.07) is 17.1. The van der Waals surface area contributed by atoms with Gasteiger partial charge in [0.05, 0.1) is 19.1 Å². The van der Waals surface area contributed by atoms with Crippen LogP contribution >= 0.6 is 0 Å². The molecular weight excluding hydrogens is 430 g/mol. The van der Waals surface area contributed by atoms with Crippen molar-refractivity contribution in [2.24, 2.45) is 0 Å². The predicted molar refractivity (Wildman–Crippen MR) is 118 cm³/mol. The van der Waals surface area contributed by atoms with Gasteiger partial charge in [-0.1, -0.05) is 48.5 Å². The van der Waals surface area contributed by atoms with Gasteiger partial charge in [-0.05, 0) is 29.3 Å². The maximum atomic E-state index is 13.3. The van der Waals surface area contributed by atoms with Gasteiger partial charge < -0.3 is 14.6 Å². The molecular formula is C24H21NO6S. The SMILES string of the molecule is COc1c([O])c2c(c(O)c1OC)C(=[C]c1ccccc1)CN(S(=O)(=O)c1ccccc1)C2. The average molecular weight is 452 g/mol. The third-order valence-electron chi connectivity index (χ3n) is 5.27. The van der Waals surface area contributed by atoms with E-state index in [4.69, 9.17) is 9.47 Å². The number of rotatable bonds is 5. The van der Waals surface area contributed by atoms with Crippen LogP contribution in [0.2, 0.25) is 0 Å². The standard InChI is InChI=1S/C24H21NO6S/c1-30-23-21(26)19-15-25(32(28,29)18-11-7-4-8-12-18)14-17(13-16-9-5-3-6-10-16)20(19)22(27)24(23)31-2/h3-12,27H,14-15H2,1-2H3. The zero-order valence-electron chi connectivity index (χ0n) is 17.5. The zero-order chi connectivity index (χ0) is 22.9. The first-order valence-electron chi connectivity index (χ1n) is 9.78. The smallest absolute Gasteiger partial charge is 0.243 e. The van der Waals surface area contributed by atoms with E-state index in [1.165, 1.54) is 30.7 Å². The number of fused-ring (bicyclic) bond motifs is 1. The van der Waals surface area contributed by atoms with Crippen molar-refractivity contribution >= 4 is 15.6 Å². The summed E-state index contributed by atoms with van der Waals surface area (Å²) in [6.45, 7) is -0.305. The van der Waals surface area contributed by atoms with Crippen LogP contribution in [0, 0.1) is 6.08 Å². The van der Waals surface area contributed by atoms with Crippen molar-refractivity contribution in [2.45, 2.75) is 11.4 Å². The van der Waals surface area contributed by atoms with Crippen LogP contribution in [0.4, 0.5) is 0 Å². The predicted octanol–water partition coefficient (Wildman–Crippen LogP) is 3.99. The molecule has 164 valence electrons. The molecule has 0 fully saturated rings. The fourth-order valence-electron chi connectivity index (χ4n) is 3.77. The van der Waals surface area contributed by atoms with Crippen molar-refractivity contribution in [2.75, 3.05) is 20.8 Å². The van der Waals surface area contributed by atoms with E-state index < -0.39 is 15.8 Å². The van der Waals surface area contributed by atoms with Crippen LogP contribution in [0.5, 0.6) is 23.0 Å². The Labute approximate surface area is 186 Å². The van der Waals surface area contributed by atoms with Gasteiger partial charge >= 0.3 is 0 Å². The Morgan fingerprint density at radius 1 is 0.906 bits per heavy atom. The number of phenolic OH excluding ortho intramolecular Hbond substituents is 1. The molecule has 32 heavy (non-hydrogen) atoms. The molecule has 1 heterocycles. The van der Waals surface area contributed by atoms with E-state index in [-0.39, 0.29) is 46.4 Å². The normalized spacial score (nSPS) is 15.4. The highest BCUT2D eigenvalue weighted by molar-refractivity contribution is 7.89. The van der Waals surface area contributed by atoms with Gasteiger partial charge in [0.1, 0.15) is 0 Å². The molecule has 8 heteroatoms. The first-order chi connectivity index (χ1) is 15.4. The van der Waals surface area contributed by atoms with Gasteiger partial charge in [-0.2, -0.15) is 4.31 Å². The lowest BCUT2D eigenvalue weighted by Crippen LogP contribution is -2.35. The molecule has 0 spiro atoms. The lowest BCUT2D eigenvalue weighted by molar-refractivity contribution is 0.280. The number of hydrogen-bond acceptors (Lipinski definition) is 5. The van der Waals surface area contributed by atoms with Crippen molar-refractivity contribution in [3.05, 3.63) is 83.4 Å². The van der Waals surface area contributed by atoms with E-state index in [0.717, 1.165) is 0 Å². The Hall–Kier alpha value is -3.49. The van der Waals surface area contributed by atoms with Crippen LogP contribution in [0.15, 0.2) is 65.6 Å². The van der Waals surface area contributed by atoms with Crippen LogP contribution in [0.25, 0.3) is 5.57 Å². The second-order valence-electron chi connectivity index (χ2n) is 7.15. The van der Waals surface area contributed by atoms with Crippen LogP contribution < -0.4 is 9.47 Å². The Morgan fingerprint density at radius 3 is 2.09 bits per heavy atom. The second kappa shape index (κ2) is 8.57. The molecule has 4 rings (SSSR count). The van der Waals surface area contributed by atoms with Gasteiger partial charge in [-0.15, -0.1) is 0 Å². The number of aromatic hydroxyl groups is 1. The first-order valence-corrected chi connectivity index (χ1v) is 11.2. The van der Waals surface area contributed by atoms with Crippen LogP contribution in [0.1, 0.15) is 16.7 Å². The Kier molecular flexibility index (Phi) is 5.82. The number of ether oxygens (including phenoxy) is 2. The minimum Gasteiger partial charge on any atom is -0.504 e. The van der Waals surface area contributed by atoms with Crippen molar-refractivity contribution < 1.29 is 28.1 Å². The molecule has 0 unspecified atom stereocenters. The number of phenols is 1. The van der Waals surface area contributed by atoms with E-state index in [0.29, 0.717) is 11.1 Å². The number of methoxy groups -OCH3 is 2. The number of hydrogen-bond donors (Lipinski definition) is 1. The Bertz CT molecular complexity index is 1270. The van der Waals surface area contributed by atoms with Gasteiger partial charge in [0.15, 0.2) is 5.75 Å². The highest BCUT2D eigenvalue weighted by Crippen LogP contribution is 2.53. The van der Waals surface area contributed by atoms with Gasteiger partial charge in [0.25, 0.3) is 0 Å². The lowest BCUT2D eigenvalue weighted by atomic mass is 9.91. The number of sulfonamides is 1. The Morgan fingerprint density at radius 2 is 1.50 bits per heavy atom. The maximum absolute atomic E-state index is 13.3. The van der Waals surface area contributed by atoms with Gasteiger partial charge in [0, 0.05) is 24.2 Å². The van der Waals surface area contributed by atoms with Gasteiger partial charge in [-0.3, -0.25) is 5.11 Å². The second-order valence-corrected chi connectivity index (χ2v) is 9.09. The van der Waals surface area contributed by atoms with E-state index in [1.54, 1.807) is 30.3 Å². The zero-order valence-corrected chi connectivity index (χ0v) is 18.3. The van der Waals surface area contributed by atoms with E-state index in [2.05, 4.69) is 6.08 Å². The van der Waals surface area contributed by atoms with Crippen molar-refractivity contribution in [3.63, 3.8) is 0 Å². The summed E-state index contributed by atoms with van der Waals surface area (Å²) in [5.41, 5.74) is 1.35. The van der Waals surface area contributed by atoms with Crippen molar-refractivity contribution in [1.29, 1.82) is 0 Å². The molecule has 0 bridgehead atoms. The summed E-state index contributed by atoms with van der Waals surface area (Å²) in [4.78, 5) is 0.111. The average Bonchev–Trinajstić information content (AvgIpc) is 2.82. The van der Waals surface area contributed by atoms with Crippen molar-refractivity contribution in [1.82, 2.24) is 4.31 Å². The van der Waals surface area contributed by atoms with Crippen LogP contribution in [-0.4, -0.2) is 38.6 Å². The third kappa shape index (κ3) is 3.68. The molecule has 7 nitrogen and oxygen atoms in total. The molecule has 2 radical (unpaired) electrons. The van der Waals surface area contributed by atoms with Crippen LogP contribution in [-0.2, 0) is 21.7 Å². The molecule has 0 aliphatic carbocycles. The molecule has 1 aliphatic heterocycles. The van der Waals surface area contributed by atoms with E-state index in [1.807, 2.05) is 18.2 Å². The molecule has 1 aliphatic rings. The van der Waals surface area contributed by atoms with E-state index in [9.17, 15) is 18.6 Å². The fourth-order valence-corrected chi connectivity index (χ4v) is 5.16. The highest BCUT2D eigenvalue weighted by atomic mass is 32.2. The molecule has 0 saturated carbocycles. The quantitative estimate of drug-likeness (QED) is 0.633. The fraction of sp³-hybridized carbons (Fsp3) is 0.167. The molecule has 0 aromatic heterocycles. The molecule has 0 amide bonds. The van der Waals surface area contributed by atoms with Gasteiger partial charge in [0.2, 0.25) is 27.3 Å². The highest BCUT2D eigenvalue weighted by Gasteiger charge is 2.37. The number of benzene rings is 3. The molecule has 0 saturated heterocycles. The van der Waals surface area contributed by atoms with Crippen LogP contribution in [0.3, 0.4) is 0 Å². The minimum atomic E-state index is -3.91. The summed E-state index contributed by atoms with van der Waals surface area (Å²) < 4.78 is 38.3. The monoisotopic (exact) mass is 451 g/mol. The number of nitrogens with zero attached hydrogens (tertiary/aromatic N) is 1. The first kappa shape index (κ1) is 21.7. The van der Waals surface area contributed by atoms with Gasteiger partial charge in [-0.25, -0.2) is 8.42 Å². The maximum Gasteiger partial charge on any atom is 0.243 e. The summed E-state index contributed by atoms with van der Waals surface area (Å²) in [7, 11) is -1.30. The summed E-state index contributed by atoms with van der Waals surface area (Å²) >= 11 is 0. The van der Waals surface area contributed by atoms with Crippen molar-refractivity contribution in [3.8, 4) is 23.0 Å². The largest absolute Gasteiger partial charge is 0.504 e. The molecule has 1 N–H and O–H groups in total. The molecule has 0 atom stereocenters. The topological polar surface area (TPSA) is 96.0 Å². The minimum absolute atomic E-state index is 0.0817. The summed E-state index contributed by atoms with van der Waals surface area (Å²) in [5.74, 6) is -1.10.